The van der Waals surface area contributed by atoms with Gasteiger partial charge in [0.1, 0.15) is 23.1 Å². The Morgan fingerprint density at radius 2 is 1.86 bits per heavy atom. The van der Waals surface area contributed by atoms with Crippen molar-refractivity contribution in [2.45, 2.75) is 6.61 Å². The zero-order chi connectivity index (χ0) is 15.4. The topological polar surface area (TPSA) is 44.5 Å². The van der Waals surface area contributed by atoms with E-state index in [9.17, 15) is 0 Å². The first-order chi connectivity index (χ1) is 10.0. The summed E-state index contributed by atoms with van der Waals surface area (Å²) in [5.74, 6) is 1.43. The molecule has 2 aromatic carbocycles. The van der Waals surface area contributed by atoms with Crippen molar-refractivity contribution in [1.29, 1.82) is 0 Å². The van der Waals surface area contributed by atoms with Gasteiger partial charge in [0.25, 0.3) is 0 Å². The summed E-state index contributed by atoms with van der Waals surface area (Å²) in [4.78, 5) is 0.304. The fraction of sp³-hybridized carbons (Fsp3) is 0.133. The molecular formula is C15H13Br2NO2S. The van der Waals surface area contributed by atoms with E-state index in [0.29, 0.717) is 22.9 Å². The van der Waals surface area contributed by atoms with Gasteiger partial charge in [-0.3, -0.25) is 0 Å². The lowest BCUT2D eigenvalue weighted by Crippen LogP contribution is -2.12. The van der Waals surface area contributed by atoms with Crippen molar-refractivity contribution in [2.75, 3.05) is 7.11 Å². The molecule has 2 rings (SSSR count). The predicted octanol–water partition coefficient (Wildman–Crippen LogP) is 4.43. The van der Waals surface area contributed by atoms with Crippen LogP contribution in [0.3, 0.4) is 0 Å². The molecule has 0 aliphatic rings. The van der Waals surface area contributed by atoms with E-state index in [1.807, 2.05) is 36.4 Å². The largest absolute Gasteiger partial charge is 0.496 e. The maximum atomic E-state index is 5.79. The first-order valence-electron chi connectivity index (χ1n) is 6.06. The van der Waals surface area contributed by atoms with Crippen LogP contribution < -0.4 is 15.2 Å². The SMILES string of the molecule is COc1ccc(COc2ccc(Br)cc2Br)cc1C(N)=S. The lowest BCUT2D eigenvalue weighted by molar-refractivity contribution is 0.304. The molecule has 0 aromatic heterocycles. The van der Waals surface area contributed by atoms with Crippen LogP contribution in [0.15, 0.2) is 45.3 Å². The van der Waals surface area contributed by atoms with E-state index in [1.165, 1.54) is 0 Å². The molecule has 3 nitrogen and oxygen atoms in total. The highest BCUT2D eigenvalue weighted by Crippen LogP contribution is 2.29. The Morgan fingerprint density at radius 3 is 2.48 bits per heavy atom. The van der Waals surface area contributed by atoms with Crippen LogP contribution in [0.5, 0.6) is 11.5 Å². The predicted molar refractivity (Wildman–Crippen MR) is 95.1 cm³/mol. The standard InChI is InChI=1S/C15H13Br2NO2S/c1-19-13-4-2-9(6-11(13)15(18)21)8-20-14-5-3-10(16)7-12(14)17/h2-7H,8H2,1H3,(H2,18,21). The van der Waals surface area contributed by atoms with Crippen LogP contribution in [-0.4, -0.2) is 12.1 Å². The van der Waals surface area contributed by atoms with Crippen molar-refractivity contribution in [3.05, 3.63) is 56.5 Å². The summed E-state index contributed by atoms with van der Waals surface area (Å²) in [7, 11) is 1.59. The smallest absolute Gasteiger partial charge is 0.134 e. The van der Waals surface area contributed by atoms with Gasteiger partial charge in [0.05, 0.1) is 17.1 Å². The molecule has 0 saturated carbocycles. The number of halogens is 2. The van der Waals surface area contributed by atoms with Gasteiger partial charge in [-0.25, -0.2) is 0 Å². The quantitative estimate of drug-likeness (QED) is 0.712. The second-order valence-electron chi connectivity index (χ2n) is 4.26. The van der Waals surface area contributed by atoms with Crippen LogP contribution in [0.1, 0.15) is 11.1 Å². The molecule has 0 amide bonds. The zero-order valence-corrected chi connectivity index (χ0v) is 15.2. The third-order valence-corrected chi connectivity index (χ3v) is 4.15. The van der Waals surface area contributed by atoms with E-state index in [1.54, 1.807) is 7.11 Å². The van der Waals surface area contributed by atoms with Gasteiger partial charge in [0, 0.05) is 4.47 Å². The van der Waals surface area contributed by atoms with Crippen molar-refractivity contribution in [1.82, 2.24) is 0 Å². The minimum Gasteiger partial charge on any atom is -0.496 e. The minimum absolute atomic E-state index is 0.304. The summed E-state index contributed by atoms with van der Waals surface area (Å²) < 4.78 is 12.9. The molecule has 0 heterocycles. The van der Waals surface area contributed by atoms with E-state index in [0.717, 1.165) is 20.3 Å². The summed E-state index contributed by atoms with van der Waals surface area (Å²) in [5.41, 5.74) is 7.38. The van der Waals surface area contributed by atoms with Crippen molar-refractivity contribution in [3.8, 4) is 11.5 Å². The second-order valence-corrected chi connectivity index (χ2v) is 6.47. The van der Waals surface area contributed by atoms with Gasteiger partial charge in [-0.15, -0.1) is 0 Å². The lowest BCUT2D eigenvalue weighted by atomic mass is 10.1. The number of hydrogen-bond acceptors (Lipinski definition) is 3. The molecule has 6 heteroatoms. The van der Waals surface area contributed by atoms with E-state index < -0.39 is 0 Å². The van der Waals surface area contributed by atoms with Crippen molar-refractivity contribution in [2.24, 2.45) is 5.73 Å². The van der Waals surface area contributed by atoms with E-state index in [-0.39, 0.29) is 0 Å². The van der Waals surface area contributed by atoms with Crippen LogP contribution in [0, 0.1) is 0 Å². The third-order valence-electron chi connectivity index (χ3n) is 2.82. The van der Waals surface area contributed by atoms with Gasteiger partial charge in [-0.05, 0) is 51.8 Å². The number of thiocarbonyl (C=S) groups is 1. The van der Waals surface area contributed by atoms with Gasteiger partial charge < -0.3 is 15.2 Å². The lowest BCUT2D eigenvalue weighted by Gasteiger charge is -2.12. The average molecular weight is 431 g/mol. The highest BCUT2D eigenvalue weighted by molar-refractivity contribution is 9.11. The molecule has 0 fully saturated rings. The summed E-state index contributed by atoms with van der Waals surface area (Å²) >= 11 is 11.9. The van der Waals surface area contributed by atoms with E-state index >= 15 is 0 Å². The van der Waals surface area contributed by atoms with Gasteiger partial charge in [0.15, 0.2) is 0 Å². The molecule has 110 valence electrons. The number of rotatable bonds is 5. The summed E-state index contributed by atoms with van der Waals surface area (Å²) in [5, 5.41) is 0. The monoisotopic (exact) mass is 429 g/mol. The Kier molecular flexibility index (Phi) is 5.61. The summed E-state index contributed by atoms with van der Waals surface area (Å²) in [6.07, 6.45) is 0. The molecule has 0 aliphatic carbocycles. The Balaban J connectivity index is 2.16. The normalized spacial score (nSPS) is 10.2. The minimum atomic E-state index is 0.304. The fourth-order valence-corrected chi connectivity index (χ4v) is 3.11. The molecule has 0 radical (unpaired) electrons. The Morgan fingerprint density at radius 1 is 1.14 bits per heavy atom. The third kappa shape index (κ3) is 4.18. The number of nitrogens with two attached hydrogens (primary N) is 1. The van der Waals surface area contributed by atoms with E-state index in [4.69, 9.17) is 27.4 Å². The highest BCUT2D eigenvalue weighted by atomic mass is 79.9. The molecule has 0 bridgehead atoms. The Hall–Kier alpha value is -1.11. The molecule has 0 unspecified atom stereocenters. The van der Waals surface area contributed by atoms with Gasteiger partial charge in [-0.2, -0.15) is 0 Å². The zero-order valence-electron chi connectivity index (χ0n) is 11.2. The molecule has 21 heavy (non-hydrogen) atoms. The number of ether oxygens (including phenoxy) is 2. The fourth-order valence-electron chi connectivity index (χ4n) is 1.79. The van der Waals surface area contributed by atoms with Gasteiger partial charge >= 0.3 is 0 Å². The second kappa shape index (κ2) is 7.24. The molecule has 0 saturated heterocycles. The molecule has 0 spiro atoms. The summed E-state index contributed by atoms with van der Waals surface area (Å²) in [6, 6.07) is 11.4. The Labute approximate surface area is 145 Å². The number of methoxy groups -OCH3 is 1. The van der Waals surface area contributed by atoms with Crippen LogP contribution in [-0.2, 0) is 6.61 Å². The molecule has 0 aliphatic heterocycles. The first kappa shape index (κ1) is 16.3. The maximum absolute atomic E-state index is 5.79. The van der Waals surface area contributed by atoms with Crippen LogP contribution in [0.25, 0.3) is 0 Å². The van der Waals surface area contributed by atoms with Gasteiger partial charge in [-0.1, -0.05) is 34.2 Å². The first-order valence-corrected chi connectivity index (χ1v) is 8.05. The number of hydrogen-bond donors (Lipinski definition) is 1. The van der Waals surface area contributed by atoms with Gasteiger partial charge in [0.2, 0.25) is 0 Å². The van der Waals surface area contributed by atoms with Crippen molar-refractivity contribution in [3.63, 3.8) is 0 Å². The molecule has 2 N–H and O–H groups in total. The van der Waals surface area contributed by atoms with Crippen LogP contribution in [0.2, 0.25) is 0 Å². The Bertz CT molecular complexity index is 677. The van der Waals surface area contributed by atoms with Crippen molar-refractivity contribution < 1.29 is 9.47 Å². The molecule has 2 aromatic rings. The van der Waals surface area contributed by atoms with Crippen molar-refractivity contribution >= 4 is 49.1 Å². The average Bonchev–Trinajstić information content (AvgIpc) is 2.46. The molecular weight excluding hydrogens is 418 g/mol. The molecule has 0 atom stereocenters. The van der Waals surface area contributed by atoms with E-state index in [2.05, 4.69) is 31.9 Å². The highest BCUT2D eigenvalue weighted by Gasteiger charge is 2.08. The maximum Gasteiger partial charge on any atom is 0.134 e. The van der Waals surface area contributed by atoms with Crippen LogP contribution in [0.4, 0.5) is 0 Å². The number of benzene rings is 2. The van der Waals surface area contributed by atoms with Crippen LogP contribution >= 0.6 is 44.1 Å². The summed E-state index contributed by atoms with van der Waals surface area (Å²) in [6.45, 7) is 0.417.